The molecule has 18 heavy (non-hydrogen) atoms. The van der Waals surface area contributed by atoms with Crippen LogP contribution >= 0.6 is 11.6 Å². The van der Waals surface area contributed by atoms with Gasteiger partial charge >= 0.3 is 5.97 Å². The molecule has 0 unspecified atom stereocenters. The van der Waals surface area contributed by atoms with Crippen molar-refractivity contribution in [1.82, 2.24) is 0 Å². The van der Waals surface area contributed by atoms with Gasteiger partial charge in [-0.2, -0.15) is 0 Å². The molecular formula is C13H16ClNO3. The van der Waals surface area contributed by atoms with Crippen LogP contribution in [-0.4, -0.2) is 25.1 Å². The van der Waals surface area contributed by atoms with Gasteiger partial charge in [-0.1, -0.05) is 23.7 Å². The number of hydrogen-bond acceptors (Lipinski definition) is 4. The smallest absolute Gasteiger partial charge is 0.315 e. The molecule has 0 saturated carbocycles. The molecule has 0 aliphatic carbocycles. The number of ether oxygens (including phenoxy) is 2. The maximum atomic E-state index is 11.4. The van der Waals surface area contributed by atoms with Crippen LogP contribution in [0.4, 0.5) is 5.69 Å². The van der Waals surface area contributed by atoms with Crippen LogP contribution in [0.2, 0.25) is 5.02 Å². The summed E-state index contributed by atoms with van der Waals surface area (Å²) in [5, 5.41) is 0.513. The monoisotopic (exact) mass is 269 g/mol. The lowest BCUT2D eigenvalue weighted by Crippen LogP contribution is -2.14. The van der Waals surface area contributed by atoms with Crippen molar-refractivity contribution in [2.45, 2.75) is 20.3 Å². The highest BCUT2D eigenvalue weighted by Crippen LogP contribution is 2.24. The lowest BCUT2D eigenvalue weighted by Gasteiger charge is -2.07. The quantitative estimate of drug-likeness (QED) is 0.468. The molecule has 0 heterocycles. The summed E-state index contributed by atoms with van der Waals surface area (Å²) in [5.41, 5.74) is 0.576. The van der Waals surface area contributed by atoms with Crippen LogP contribution < -0.4 is 0 Å². The van der Waals surface area contributed by atoms with Gasteiger partial charge in [-0.05, 0) is 26.0 Å². The van der Waals surface area contributed by atoms with E-state index in [1.807, 2.05) is 19.1 Å². The Bertz CT molecular complexity index is 432. The van der Waals surface area contributed by atoms with Crippen molar-refractivity contribution in [2.24, 2.45) is 4.99 Å². The third-order valence-corrected chi connectivity index (χ3v) is 2.33. The van der Waals surface area contributed by atoms with Gasteiger partial charge in [-0.25, -0.2) is 4.99 Å². The summed E-state index contributed by atoms with van der Waals surface area (Å²) in [6, 6.07) is 7.12. The van der Waals surface area contributed by atoms with Crippen LogP contribution in [-0.2, 0) is 14.3 Å². The third-order valence-electron chi connectivity index (χ3n) is 2.01. The summed E-state index contributed by atoms with van der Waals surface area (Å²) in [4.78, 5) is 15.6. The largest absolute Gasteiger partial charge is 0.481 e. The van der Waals surface area contributed by atoms with E-state index in [4.69, 9.17) is 21.1 Å². The molecule has 0 aromatic heterocycles. The molecule has 0 N–H and O–H groups in total. The first-order valence-corrected chi connectivity index (χ1v) is 6.15. The maximum absolute atomic E-state index is 11.4. The minimum absolute atomic E-state index is 0.00685. The first-order chi connectivity index (χ1) is 8.67. The van der Waals surface area contributed by atoms with Crippen molar-refractivity contribution in [3.63, 3.8) is 0 Å². The summed E-state index contributed by atoms with van der Waals surface area (Å²) in [5.74, 6) is -0.0548. The third kappa shape index (κ3) is 4.75. The standard InChI is InChI=1S/C13H16ClNO3/c1-3-17-12(9-13(16)18-4-2)15-11-8-6-5-7-10(11)14/h5-8H,3-4,9H2,1-2H3/b15-12-. The minimum Gasteiger partial charge on any atom is -0.481 e. The van der Waals surface area contributed by atoms with E-state index in [9.17, 15) is 4.79 Å². The molecular weight excluding hydrogens is 254 g/mol. The molecule has 0 saturated heterocycles. The van der Waals surface area contributed by atoms with E-state index in [1.165, 1.54) is 0 Å². The first-order valence-electron chi connectivity index (χ1n) is 5.77. The highest BCUT2D eigenvalue weighted by Gasteiger charge is 2.10. The number of hydrogen-bond donors (Lipinski definition) is 0. The summed E-state index contributed by atoms with van der Waals surface area (Å²) in [7, 11) is 0. The zero-order valence-corrected chi connectivity index (χ0v) is 11.2. The van der Waals surface area contributed by atoms with Crippen LogP contribution in [0.25, 0.3) is 0 Å². The Balaban J connectivity index is 2.84. The molecule has 0 aliphatic rings. The predicted octanol–water partition coefficient (Wildman–Crippen LogP) is 3.36. The fraction of sp³-hybridized carbons (Fsp3) is 0.385. The highest BCUT2D eigenvalue weighted by molar-refractivity contribution is 6.33. The van der Waals surface area contributed by atoms with E-state index in [0.717, 1.165) is 0 Å². The van der Waals surface area contributed by atoms with Crippen LogP contribution in [0.3, 0.4) is 0 Å². The second kappa shape index (κ2) is 7.71. The highest BCUT2D eigenvalue weighted by atomic mass is 35.5. The number of para-hydroxylation sites is 1. The molecule has 98 valence electrons. The Hall–Kier alpha value is -1.55. The molecule has 0 atom stereocenters. The van der Waals surface area contributed by atoms with Gasteiger partial charge in [0, 0.05) is 0 Å². The van der Waals surface area contributed by atoms with Crippen molar-refractivity contribution in [3.8, 4) is 0 Å². The van der Waals surface area contributed by atoms with Gasteiger partial charge in [0.15, 0.2) is 5.90 Å². The van der Waals surface area contributed by atoms with E-state index < -0.39 is 0 Å². The van der Waals surface area contributed by atoms with Crippen molar-refractivity contribution in [3.05, 3.63) is 29.3 Å². The number of nitrogens with zero attached hydrogens (tertiary/aromatic N) is 1. The summed E-state index contributed by atoms with van der Waals surface area (Å²) < 4.78 is 10.2. The summed E-state index contributed by atoms with van der Waals surface area (Å²) in [6.45, 7) is 4.35. The van der Waals surface area contributed by atoms with Crippen LogP contribution in [0.15, 0.2) is 29.3 Å². The van der Waals surface area contributed by atoms with Gasteiger partial charge in [0.25, 0.3) is 0 Å². The van der Waals surface area contributed by atoms with Crippen molar-refractivity contribution >= 4 is 29.2 Å². The molecule has 0 bridgehead atoms. The lowest BCUT2D eigenvalue weighted by atomic mass is 10.3. The van der Waals surface area contributed by atoms with Gasteiger partial charge in [0.05, 0.1) is 23.9 Å². The minimum atomic E-state index is -0.364. The van der Waals surface area contributed by atoms with Gasteiger partial charge in [-0.15, -0.1) is 0 Å². The fourth-order valence-electron chi connectivity index (χ4n) is 1.30. The Morgan fingerprint density at radius 3 is 2.50 bits per heavy atom. The SMILES string of the molecule is CCOC(=O)C/C(=N/c1ccccc1Cl)OCC. The molecule has 0 spiro atoms. The van der Waals surface area contributed by atoms with E-state index >= 15 is 0 Å². The number of benzene rings is 1. The van der Waals surface area contributed by atoms with Crippen LogP contribution in [0, 0.1) is 0 Å². The average molecular weight is 270 g/mol. The topological polar surface area (TPSA) is 47.9 Å². The Morgan fingerprint density at radius 2 is 1.89 bits per heavy atom. The number of halogens is 1. The molecule has 5 heteroatoms. The Morgan fingerprint density at radius 1 is 1.22 bits per heavy atom. The van der Waals surface area contributed by atoms with Crippen molar-refractivity contribution < 1.29 is 14.3 Å². The Kier molecular flexibility index (Phi) is 6.22. The van der Waals surface area contributed by atoms with E-state index in [2.05, 4.69) is 4.99 Å². The van der Waals surface area contributed by atoms with E-state index in [1.54, 1.807) is 19.1 Å². The summed E-state index contributed by atoms with van der Waals surface area (Å²) >= 11 is 5.99. The maximum Gasteiger partial charge on any atom is 0.315 e. The van der Waals surface area contributed by atoms with Gasteiger partial charge < -0.3 is 9.47 Å². The zero-order valence-electron chi connectivity index (χ0n) is 10.5. The Labute approximate surface area is 112 Å². The molecule has 4 nitrogen and oxygen atoms in total. The lowest BCUT2D eigenvalue weighted by molar-refractivity contribution is -0.141. The van der Waals surface area contributed by atoms with E-state index in [-0.39, 0.29) is 12.4 Å². The number of carbonyl (C=O) groups excluding carboxylic acids is 1. The van der Waals surface area contributed by atoms with Gasteiger partial charge in [0.1, 0.15) is 6.42 Å². The number of esters is 1. The fourth-order valence-corrected chi connectivity index (χ4v) is 1.48. The van der Waals surface area contributed by atoms with Crippen LogP contribution in [0.5, 0.6) is 0 Å². The van der Waals surface area contributed by atoms with Gasteiger partial charge in [-0.3, -0.25) is 4.79 Å². The van der Waals surface area contributed by atoms with Gasteiger partial charge in [0.2, 0.25) is 0 Å². The summed E-state index contributed by atoms with van der Waals surface area (Å²) in [6.07, 6.45) is 0.00685. The second-order valence-electron chi connectivity index (χ2n) is 3.37. The number of carbonyl (C=O) groups is 1. The second-order valence-corrected chi connectivity index (χ2v) is 3.78. The molecule has 0 amide bonds. The predicted molar refractivity (Wildman–Crippen MR) is 71.4 cm³/mol. The first kappa shape index (κ1) is 14.5. The molecule has 1 rings (SSSR count). The number of rotatable bonds is 5. The van der Waals surface area contributed by atoms with Crippen LogP contribution in [0.1, 0.15) is 20.3 Å². The van der Waals surface area contributed by atoms with Crippen molar-refractivity contribution in [1.29, 1.82) is 0 Å². The zero-order chi connectivity index (χ0) is 13.4. The number of aliphatic imine (C=N–C) groups is 1. The molecule has 0 fully saturated rings. The average Bonchev–Trinajstić information content (AvgIpc) is 2.32. The molecule has 1 aromatic rings. The van der Waals surface area contributed by atoms with Crippen molar-refractivity contribution in [2.75, 3.05) is 13.2 Å². The van der Waals surface area contributed by atoms with E-state index in [0.29, 0.717) is 29.8 Å². The molecule has 0 aliphatic heterocycles. The molecule has 1 aromatic carbocycles. The normalized spacial score (nSPS) is 11.2. The molecule has 0 radical (unpaired) electrons.